The number of hydrogen-bond acceptors (Lipinski definition) is 4. The van der Waals surface area contributed by atoms with Crippen LogP contribution in [0.3, 0.4) is 0 Å². The summed E-state index contributed by atoms with van der Waals surface area (Å²) < 4.78 is 11.8. The van der Waals surface area contributed by atoms with Crippen molar-refractivity contribution in [3.05, 3.63) is 36.0 Å². The third kappa shape index (κ3) is 3.56. The maximum atomic E-state index is 13.1. The van der Waals surface area contributed by atoms with E-state index in [1.807, 2.05) is 35.4 Å². The molecule has 3 fully saturated rings. The average Bonchev–Trinajstić information content (AvgIpc) is 3.35. The lowest BCUT2D eigenvalue weighted by molar-refractivity contribution is -0.0451. The zero-order valence-electron chi connectivity index (χ0n) is 16.4. The largest absolute Gasteiger partial charge is 0.379 e. The van der Waals surface area contributed by atoms with Gasteiger partial charge in [0.15, 0.2) is 0 Å². The first-order valence-electron chi connectivity index (χ1n) is 10.5. The molecule has 6 heteroatoms. The number of H-pyrrole nitrogens is 1. The van der Waals surface area contributed by atoms with Crippen LogP contribution in [-0.4, -0.2) is 78.8 Å². The molecule has 5 rings (SSSR count). The fourth-order valence-electron chi connectivity index (χ4n) is 5.13. The summed E-state index contributed by atoms with van der Waals surface area (Å²) in [5.41, 5.74) is 1.69. The van der Waals surface area contributed by atoms with Crippen LogP contribution < -0.4 is 0 Å². The maximum Gasteiger partial charge on any atom is 0.253 e. The molecule has 0 aliphatic carbocycles. The molecule has 4 heterocycles. The van der Waals surface area contributed by atoms with Crippen molar-refractivity contribution in [2.45, 2.75) is 24.9 Å². The van der Waals surface area contributed by atoms with Crippen LogP contribution in [0.1, 0.15) is 29.6 Å². The van der Waals surface area contributed by atoms with Gasteiger partial charge >= 0.3 is 0 Å². The number of aromatic amines is 1. The van der Waals surface area contributed by atoms with E-state index in [4.69, 9.17) is 9.47 Å². The summed E-state index contributed by atoms with van der Waals surface area (Å²) in [5.74, 6) is 0.687. The minimum absolute atomic E-state index is 0.127. The van der Waals surface area contributed by atoms with E-state index in [9.17, 15) is 4.79 Å². The molecule has 1 aromatic heterocycles. The van der Waals surface area contributed by atoms with E-state index in [1.165, 1.54) is 0 Å². The van der Waals surface area contributed by atoms with Crippen LogP contribution in [0.5, 0.6) is 0 Å². The molecule has 0 unspecified atom stereocenters. The Balaban J connectivity index is 1.24. The lowest BCUT2D eigenvalue weighted by Gasteiger charge is -2.40. The number of nitrogens with zero attached hydrogens (tertiary/aromatic N) is 2. The van der Waals surface area contributed by atoms with Crippen molar-refractivity contribution in [3.8, 4) is 0 Å². The molecular weight excluding hydrogens is 354 g/mol. The topological polar surface area (TPSA) is 57.8 Å². The van der Waals surface area contributed by atoms with Crippen LogP contribution in [0.25, 0.3) is 10.9 Å². The summed E-state index contributed by atoms with van der Waals surface area (Å²) >= 11 is 0. The zero-order chi connectivity index (χ0) is 19.0. The Kier molecular flexibility index (Phi) is 4.87. The van der Waals surface area contributed by atoms with Crippen molar-refractivity contribution in [1.82, 2.24) is 14.8 Å². The highest BCUT2D eigenvalue weighted by Crippen LogP contribution is 2.38. The van der Waals surface area contributed by atoms with Gasteiger partial charge in [0.1, 0.15) is 0 Å². The Hall–Kier alpha value is -1.89. The number of carbonyl (C=O) groups is 1. The van der Waals surface area contributed by atoms with Crippen LogP contribution in [0.2, 0.25) is 0 Å². The van der Waals surface area contributed by atoms with Crippen LogP contribution in [0, 0.1) is 5.92 Å². The second kappa shape index (κ2) is 7.50. The molecule has 2 aromatic rings. The number of morpholine rings is 1. The summed E-state index contributed by atoms with van der Waals surface area (Å²) in [7, 11) is 0. The molecule has 0 radical (unpaired) electrons. The van der Waals surface area contributed by atoms with Gasteiger partial charge in [-0.15, -0.1) is 0 Å². The van der Waals surface area contributed by atoms with Gasteiger partial charge in [-0.25, -0.2) is 0 Å². The number of hydrogen-bond donors (Lipinski definition) is 1. The monoisotopic (exact) mass is 383 g/mol. The smallest absolute Gasteiger partial charge is 0.253 e. The van der Waals surface area contributed by atoms with Gasteiger partial charge in [0.2, 0.25) is 0 Å². The number of piperidine rings is 1. The average molecular weight is 383 g/mol. The molecule has 1 N–H and O–H groups in total. The predicted octanol–water partition coefficient (Wildman–Crippen LogP) is 2.51. The van der Waals surface area contributed by atoms with E-state index in [-0.39, 0.29) is 11.5 Å². The van der Waals surface area contributed by atoms with E-state index in [0.717, 1.165) is 88.3 Å². The van der Waals surface area contributed by atoms with Crippen molar-refractivity contribution in [1.29, 1.82) is 0 Å². The minimum Gasteiger partial charge on any atom is -0.379 e. The Morgan fingerprint density at radius 2 is 2.11 bits per heavy atom. The van der Waals surface area contributed by atoms with E-state index in [2.05, 4.69) is 9.88 Å². The molecule has 1 amide bonds. The van der Waals surface area contributed by atoms with Gasteiger partial charge in [-0.05, 0) is 49.4 Å². The summed E-state index contributed by atoms with van der Waals surface area (Å²) in [5, 5.41) is 1.08. The van der Waals surface area contributed by atoms with Crippen molar-refractivity contribution in [2.75, 3.05) is 52.5 Å². The Labute approximate surface area is 165 Å². The van der Waals surface area contributed by atoms with E-state index >= 15 is 0 Å². The number of likely N-dealkylation sites (tertiary alicyclic amines) is 1. The standard InChI is InChI=1S/C22H29N3O3/c26-21(19-2-3-20-18(12-19)4-6-23-20)25-7-1-5-22(16-25)13-17(15-28-22)14-24-8-10-27-11-9-24/h2-4,6,12,17,23H,1,5,7-11,13-16H2/t17-,22-/m0/s1. The normalized spacial score (nSPS) is 29.0. The van der Waals surface area contributed by atoms with E-state index in [0.29, 0.717) is 5.92 Å². The van der Waals surface area contributed by atoms with Gasteiger partial charge in [-0.1, -0.05) is 0 Å². The molecule has 3 aliphatic heterocycles. The number of nitrogens with one attached hydrogen (secondary N) is 1. The molecule has 0 saturated carbocycles. The van der Waals surface area contributed by atoms with Gasteiger partial charge in [0.05, 0.1) is 25.4 Å². The van der Waals surface area contributed by atoms with Crippen LogP contribution in [-0.2, 0) is 9.47 Å². The Bertz CT molecular complexity index is 844. The lowest BCUT2D eigenvalue weighted by Crippen LogP contribution is -2.50. The lowest BCUT2D eigenvalue weighted by atomic mass is 9.86. The maximum absolute atomic E-state index is 13.1. The first-order chi connectivity index (χ1) is 13.7. The molecule has 150 valence electrons. The number of benzene rings is 1. The molecule has 3 saturated heterocycles. The minimum atomic E-state index is -0.150. The summed E-state index contributed by atoms with van der Waals surface area (Å²) in [6.07, 6.45) is 5.05. The molecule has 2 atom stereocenters. The fraction of sp³-hybridized carbons (Fsp3) is 0.591. The molecule has 1 aromatic carbocycles. The summed E-state index contributed by atoms with van der Waals surface area (Å²) in [4.78, 5) is 20.8. The van der Waals surface area contributed by atoms with Gasteiger partial charge in [-0.2, -0.15) is 0 Å². The van der Waals surface area contributed by atoms with Crippen molar-refractivity contribution < 1.29 is 14.3 Å². The third-order valence-electron chi connectivity index (χ3n) is 6.53. The SMILES string of the molecule is O=C(c1ccc2[nH]ccc2c1)N1CCC[C@]2(C[C@@H](CN3CCOCC3)CO2)C1. The number of ether oxygens (including phenoxy) is 2. The number of amides is 1. The fourth-order valence-corrected chi connectivity index (χ4v) is 5.13. The number of fused-ring (bicyclic) bond motifs is 1. The van der Waals surface area contributed by atoms with Crippen molar-refractivity contribution in [3.63, 3.8) is 0 Å². The number of aromatic nitrogens is 1. The second-order valence-electron chi connectivity index (χ2n) is 8.59. The molecule has 0 bridgehead atoms. The van der Waals surface area contributed by atoms with Crippen molar-refractivity contribution >= 4 is 16.8 Å². The second-order valence-corrected chi connectivity index (χ2v) is 8.59. The van der Waals surface area contributed by atoms with E-state index < -0.39 is 0 Å². The van der Waals surface area contributed by atoms with Gasteiger partial charge < -0.3 is 19.4 Å². The predicted molar refractivity (Wildman–Crippen MR) is 107 cm³/mol. The van der Waals surface area contributed by atoms with Crippen LogP contribution in [0.15, 0.2) is 30.5 Å². The number of rotatable bonds is 3. The molecule has 3 aliphatic rings. The molecule has 28 heavy (non-hydrogen) atoms. The van der Waals surface area contributed by atoms with Crippen LogP contribution >= 0.6 is 0 Å². The highest BCUT2D eigenvalue weighted by atomic mass is 16.5. The first-order valence-corrected chi connectivity index (χ1v) is 10.5. The highest BCUT2D eigenvalue weighted by molar-refractivity contribution is 5.98. The van der Waals surface area contributed by atoms with Gasteiger partial charge in [0.25, 0.3) is 5.91 Å². The van der Waals surface area contributed by atoms with E-state index in [1.54, 1.807) is 0 Å². The summed E-state index contributed by atoms with van der Waals surface area (Å²) in [6.45, 7) is 7.17. The quantitative estimate of drug-likeness (QED) is 0.885. The Morgan fingerprint density at radius 3 is 3.00 bits per heavy atom. The third-order valence-corrected chi connectivity index (χ3v) is 6.53. The van der Waals surface area contributed by atoms with Gasteiger partial charge in [-0.3, -0.25) is 9.69 Å². The number of carbonyl (C=O) groups excluding carboxylic acids is 1. The zero-order valence-corrected chi connectivity index (χ0v) is 16.4. The highest BCUT2D eigenvalue weighted by Gasteiger charge is 2.44. The van der Waals surface area contributed by atoms with Gasteiger partial charge in [0, 0.05) is 55.4 Å². The Morgan fingerprint density at radius 1 is 1.21 bits per heavy atom. The van der Waals surface area contributed by atoms with Crippen LogP contribution in [0.4, 0.5) is 0 Å². The summed E-state index contributed by atoms with van der Waals surface area (Å²) in [6, 6.07) is 7.93. The molecule has 6 nitrogen and oxygen atoms in total. The first kappa shape index (κ1) is 18.2. The van der Waals surface area contributed by atoms with Crippen molar-refractivity contribution in [2.24, 2.45) is 5.92 Å². The molecular formula is C22H29N3O3. The molecule has 1 spiro atoms.